The number of aromatic nitrogens is 1. The van der Waals surface area contributed by atoms with E-state index in [9.17, 15) is 0 Å². The molecule has 0 saturated heterocycles. The molecule has 0 saturated carbocycles. The van der Waals surface area contributed by atoms with Gasteiger partial charge in [0.05, 0.1) is 5.70 Å². The van der Waals surface area contributed by atoms with Crippen LogP contribution >= 0.6 is 11.3 Å². The molecule has 1 aromatic heterocycles. The normalized spacial score (nSPS) is 18.1. The van der Waals surface area contributed by atoms with Gasteiger partial charge in [-0.2, -0.15) is 0 Å². The summed E-state index contributed by atoms with van der Waals surface area (Å²) >= 11 is 1.59. The second-order valence-electron chi connectivity index (χ2n) is 4.28. The van der Waals surface area contributed by atoms with Gasteiger partial charge in [-0.05, 0) is 12.2 Å². The van der Waals surface area contributed by atoms with Crippen LogP contribution in [-0.2, 0) is 0 Å². The first kappa shape index (κ1) is 11.1. The van der Waals surface area contributed by atoms with Gasteiger partial charge >= 0.3 is 0 Å². The van der Waals surface area contributed by atoms with Gasteiger partial charge in [0.2, 0.25) is 0 Å². The minimum atomic E-state index is 0.0231. The second kappa shape index (κ2) is 4.22. The molecule has 84 valence electrons. The number of allylic oxidation sites excluding steroid dienone is 3. The Morgan fingerprint density at radius 2 is 2.19 bits per heavy atom. The molecule has 16 heavy (non-hydrogen) atoms. The number of nitrogens with one attached hydrogen (secondary N) is 1. The molecule has 2 heterocycles. The number of rotatable bonds is 2. The smallest absolute Gasteiger partial charge is 0.183 e. The minimum Gasteiger partial charge on any atom is -0.365 e. The van der Waals surface area contributed by atoms with E-state index >= 15 is 0 Å². The third kappa shape index (κ3) is 2.39. The highest BCUT2D eigenvalue weighted by atomic mass is 32.1. The van der Waals surface area contributed by atoms with Gasteiger partial charge in [0.15, 0.2) is 5.13 Å². The summed E-state index contributed by atoms with van der Waals surface area (Å²) in [5.74, 6) is 0. The highest BCUT2D eigenvalue weighted by Crippen LogP contribution is 2.29. The zero-order valence-electron chi connectivity index (χ0n) is 9.69. The molecule has 4 heteroatoms. The Morgan fingerprint density at radius 3 is 2.88 bits per heavy atom. The van der Waals surface area contributed by atoms with Crippen molar-refractivity contribution in [1.29, 1.82) is 0 Å². The summed E-state index contributed by atoms with van der Waals surface area (Å²) in [6.07, 6.45) is 8.07. The second-order valence-corrected chi connectivity index (χ2v) is 5.13. The van der Waals surface area contributed by atoms with Crippen molar-refractivity contribution >= 4 is 28.4 Å². The zero-order valence-corrected chi connectivity index (χ0v) is 10.5. The van der Waals surface area contributed by atoms with Crippen molar-refractivity contribution in [2.24, 2.45) is 10.4 Å². The van der Waals surface area contributed by atoms with E-state index in [-0.39, 0.29) is 5.41 Å². The average Bonchev–Trinajstić information content (AvgIpc) is 2.64. The van der Waals surface area contributed by atoms with Gasteiger partial charge in [-0.15, -0.1) is 11.3 Å². The van der Waals surface area contributed by atoms with Crippen molar-refractivity contribution in [2.45, 2.75) is 13.8 Å². The van der Waals surface area contributed by atoms with Crippen LogP contribution in [0.15, 0.2) is 28.6 Å². The van der Waals surface area contributed by atoms with Gasteiger partial charge in [0, 0.05) is 24.1 Å². The summed E-state index contributed by atoms with van der Waals surface area (Å²) in [6, 6.07) is 0. The van der Waals surface area contributed by atoms with Crippen LogP contribution < -0.4 is 5.32 Å². The van der Waals surface area contributed by atoms with Gasteiger partial charge in [-0.3, -0.25) is 4.99 Å². The van der Waals surface area contributed by atoms with E-state index < -0.39 is 0 Å². The van der Waals surface area contributed by atoms with Gasteiger partial charge < -0.3 is 5.32 Å². The molecule has 1 aliphatic rings. The lowest BCUT2D eigenvalue weighted by atomic mass is 9.92. The predicted octanol–water partition coefficient (Wildman–Crippen LogP) is 3.19. The van der Waals surface area contributed by atoms with E-state index in [0.29, 0.717) is 0 Å². The Bertz CT molecular complexity index is 466. The molecule has 0 amide bonds. The van der Waals surface area contributed by atoms with Crippen molar-refractivity contribution < 1.29 is 0 Å². The first-order chi connectivity index (χ1) is 7.61. The van der Waals surface area contributed by atoms with E-state index in [1.54, 1.807) is 11.3 Å². The maximum Gasteiger partial charge on any atom is 0.183 e. The van der Waals surface area contributed by atoms with Crippen LogP contribution in [0.25, 0.3) is 5.70 Å². The van der Waals surface area contributed by atoms with Gasteiger partial charge in [0.25, 0.3) is 0 Å². The number of hydrogen-bond donors (Lipinski definition) is 1. The predicted molar refractivity (Wildman–Crippen MR) is 71.1 cm³/mol. The topological polar surface area (TPSA) is 37.3 Å². The quantitative estimate of drug-likeness (QED) is 0.851. The van der Waals surface area contributed by atoms with E-state index in [1.165, 1.54) is 0 Å². The van der Waals surface area contributed by atoms with Crippen LogP contribution in [0.5, 0.6) is 0 Å². The Hall–Kier alpha value is -1.42. The van der Waals surface area contributed by atoms with Crippen molar-refractivity contribution in [1.82, 2.24) is 4.98 Å². The summed E-state index contributed by atoms with van der Waals surface area (Å²) in [6.45, 7) is 4.31. The summed E-state index contributed by atoms with van der Waals surface area (Å²) in [5.41, 5.74) is 1.89. The zero-order chi connectivity index (χ0) is 11.6. The van der Waals surface area contributed by atoms with E-state index in [4.69, 9.17) is 0 Å². The summed E-state index contributed by atoms with van der Waals surface area (Å²) in [5, 5.41) is 5.98. The molecule has 2 rings (SSSR count). The fraction of sp³-hybridized carbons (Fsp3) is 0.333. The molecule has 0 aliphatic carbocycles. The number of anilines is 1. The van der Waals surface area contributed by atoms with Crippen LogP contribution in [0.4, 0.5) is 5.13 Å². The molecule has 1 aliphatic heterocycles. The summed E-state index contributed by atoms with van der Waals surface area (Å²) < 4.78 is 0. The Labute approximate surface area is 99.6 Å². The van der Waals surface area contributed by atoms with Crippen LogP contribution in [-0.4, -0.2) is 18.2 Å². The monoisotopic (exact) mass is 233 g/mol. The fourth-order valence-electron chi connectivity index (χ4n) is 1.50. The van der Waals surface area contributed by atoms with Gasteiger partial charge in [-0.1, -0.05) is 19.9 Å². The lowest BCUT2D eigenvalue weighted by Crippen LogP contribution is -2.02. The Kier molecular flexibility index (Phi) is 2.92. The molecular weight excluding hydrogens is 218 g/mol. The van der Waals surface area contributed by atoms with Crippen molar-refractivity contribution in [3.8, 4) is 0 Å². The number of hydrogen-bond acceptors (Lipinski definition) is 4. The lowest BCUT2D eigenvalue weighted by molar-refractivity contribution is 0.628. The number of thiazole rings is 1. The average molecular weight is 233 g/mol. The summed E-state index contributed by atoms with van der Waals surface area (Å²) in [7, 11) is 1.87. The van der Waals surface area contributed by atoms with Gasteiger partial charge in [-0.25, -0.2) is 4.98 Å². The number of aliphatic imine (C=N–C) groups is 1. The molecule has 1 N–H and O–H groups in total. The van der Waals surface area contributed by atoms with E-state index in [2.05, 4.69) is 41.3 Å². The molecule has 0 aromatic carbocycles. The molecule has 0 fully saturated rings. The Morgan fingerprint density at radius 1 is 1.38 bits per heavy atom. The maximum atomic E-state index is 4.46. The van der Waals surface area contributed by atoms with E-state index in [0.717, 1.165) is 16.5 Å². The van der Waals surface area contributed by atoms with Gasteiger partial charge in [0.1, 0.15) is 5.69 Å². The molecule has 0 spiro atoms. The van der Waals surface area contributed by atoms with Crippen LogP contribution in [0.1, 0.15) is 19.5 Å². The molecule has 0 radical (unpaired) electrons. The van der Waals surface area contributed by atoms with E-state index in [1.807, 2.05) is 24.7 Å². The lowest BCUT2D eigenvalue weighted by Gasteiger charge is -2.13. The molecule has 0 bridgehead atoms. The molecular formula is C12H15N3S. The Balaban J connectivity index is 2.36. The summed E-state index contributed by atoms with van der Waals surface area (Å²) in [4.78, 5) is 8.86. The standard InChI is InChI=1S/C12H15N3S/c1-12(2)5-4-6-14-9(7-12)10-8-16-11(13-3)15-10/h4-8H,1-3H3,(H,13,15). The third-order valence-corrected chi connectivity index (χ3v) is 3.17. The van der Waals surface area contributed by atoms with Crippen LogP contribution in [0.2, 0.25) is 0 Å². The maximum absolute atomic E-state index is 4.46. The molecule has 0 unspecified atom stereocenters. The minimum absolute atomic E-state index is 0.0231. The highest BCUT2D eigenvalue weighted by molar-refractivity contribution is 7.13. The molecule has 0 atom stereocenters. The van der Waals surface area contributed by atoms with Crippen LogP contribution in [0.3, 0.4) is 0 Å². The largest absolute Gasteiger partial charge is 0.365 e. The SMILES string of the molecule is CNc1nc(C2=CC(C)(C)C=CC=N2)cs1. The fourth-order valence-corrected chi connectivity index (χ4v) is 2.16. The number of nitrogens with zero attached hydrogens (tertiary/aromatic N) is 2. The van der Waals surface area contributed by atoms with Crippen molar-refractivity contribution in [2.75, 3.05) is 12.4 Å². The van der Waals surface area contributed by atoms with Crippen molar-refractivity contribution in [3.05, 3.63) is 29.3 Å². The molecule has 3 nitrogen and oxygen atoms in total. The first-order valence-corrected chi connectivity index (χ1v) is 6.07. The molecule has 1 aromatic rings. The first-order valence-electron chi connectivity index (χ1n) is 5.19. The van der Waals surface area contributed by atoms with Crippen LogP contribution in [0, 0.1) is 5.41 Å². The van der Waals surface area contributed by atoms with Crippen molar-refractivity contribution in [3.63, 3.8) is 0 Å². The highest BCUT2D eigenvalue weighted by Gasteiger charge is 2.15. The third-order valence-electron chi connectivity index (χ3n) is 2.31.